The normalized spacial score (nSPS) is 10.9. The van der Waals surface area contributed by atoms with Gasteiger partial charge in [0, 0.05) is 12.5 Å². The summed E-state index contributed by atoms with van der Waals surface area (Å²) in [5, 5.41) is 0.561. The molecule has 0 saturated carbocycles. The van der Waals surface area contributed by atoms with E-state index < -0.39 is 0 Å². The van der Waals surface area contributed by atoms with Crippen molar-refractivity contribution in [3.05, 3.63) is 65.0 Å². The fourth-order valence-electron chi connectivity index (χ4n) is 3.87. The molecule has 0 radical (unpaired) electrons. The first-order chi connectivity index (χ1) is 16.2. The molecule has 0 bridgehead atoms. The number of ether oxygens (including phenoxy) is 2. The Labute approximate surface area is 195 Å². The van der Waals surface area contributed by atoms with Crippen molar-refractivity contribution in [3.63, 3.8) is 0 Å². The summed E-state index contributed by atoms with van der Waals surface area (Å²) in [6.07, 6.45) is 11.0. The average molecular weight is 451 g/mol. The lowest BCUT2D eigenvalue weighted by Crippen LogP contribution is -2.05. The molecule has 5 heteroatoms. The first-order valence-corrected chi connectivity index (χ1v) is 12.1. The molecule has 33 heavy (non-hydrogen) atoms. The Morgan fingerprint density at radius 2 is 1.58 bits per heavy atom. The number of hydrogen-bond acceptors (Lipinski definition) is 5. The molecule has 0 saturated heterocycles. The third-order valence-corrected chi connectivity index (χ3v) is 5.68. The van der Waals surface area contributed by atoms with E-state index in [0.29, 0.717) is 36.2 Å². The number of unbranched alkanes of at least 4 members (excludes halogenated alkanes) is 7. The van der Waals surface area contributed by atoms with E-state index in [2.05, 4.69) is 0 Å². The Kier molecular flexibility index (Phi) is 10.0. The summed E-state index contributed by atoms with van der Waals surface area (Å²) in [4.78, 5) is 24.1. The summed E-state index contributed by atoms with van der Waals surface area (Å²) >= 11 is 0. The van der Waals surface area contributed by atoms with Gasteiger partial charge in [0.15, 0.2) is 5.43 Å². The van der Waals surface area contributed by atoms with Crippen LogP contribution in [0.2, 0.25) is 0 Å². The van der Waals surface area contributed by atoms with Gasteiger partial charge >= 0.3 is 5.97 Å². The van der Waals surface area contributed by atoms with Crippen molar-refractivity contribution < 1.29 is 18.7 Å². The summed E-state index contributed by atoms with van der Waals surface area (Å²) in [6, 6.07) is 15.0. The largest absolute Gasteiger partial charge is 0.493 e. The minimum absolute atomic E-state index is 0.0325. The minimum atomic E-state index is -0.0806. The van der Waals surface area contributed by atoms with Crippen molar-refractivity contribution in [2.24, 2.45) is 0 Å². The monoisotopic (exact) mass is 450 g/mol. The standard InChI is InChI=1S/C28H34O5/c1-2-31-27(29)16-12-7-5-3-4-6-8-13-19-32-23-17-18-24-26(20-23)33-21-25(28(24)30)22-14-10-9-11-15-22/h9-11,14-15,17-18,20-21H,2-8,12-13,16,19H2,1H3. The molecule has 0 amide bonds. The number of benzene rings is 2. The number of fused-ring (bicyclic) bond motifs is 1. The number of carbonyl (C=O) groups is 1. The van der Waals surface area contributed by atoms with Gasteiger partial charge in [-0.25, -0.2) is 0 Å². The third kappa shape index (κ3) is 7.77. The van der Waals surface area contributed by atoms with E-state index >= 15 is 0 Å². The van der Waals surface area contributed by atoms with Gasteiger partial charge < -0.3 is 13.9 Å². The van der Waals surface area contributed by atoms with Crippen LogP contribution in [0.3, 0.4) is 0 Å². The molecule has 0 spiro atoms. The van der Waals surface area contributed by atoms with E-state index in [0.717, 1.165) is 37.0 Å². The van der Waals surface area contributed by atoms with Crippen LogP contribution in [0.25, 0.3) is 22.1 Å². The van der Waals surface area contributed by atoms with Crippen LogP contribution in [0.5, 0.6) is 5.75 Å². The summed E-state index contributed by atoms with van der Waals surface area (Å²) in [7, 11) is 0. The van der Waals surface area contributed by atoms with E-state index in [-0.39, 0.29) is 11.4 Å². The lowest BCUT2D eigenvalue weighted by molar-refractivity contribution is -0.143. The molecule has 0 aliphatic heterocycles. The highest BCUT2D eigenvalue weighted by molar-refractivity contribution is 5.82. The van der Waals surface area contributed by atoms with Gasteiger partial charge in [-0.2, -0.15) is 0 Å². The van der Waals surface area contributed by atoms with E-state index in [9.17, 15) is 9.59 Å². The molecule has 1 aromatic heterocycles. The fraction of sp³-hybridized carbons (Fsp3) is 0.429. The molecular weight excluding hydrogens is 416 g/mol. The highest BCUT2D eigenvalue weighted by Gasteiger charge is 2.10. The van der Waals surface area contributed by atoms with Gasteiger partial charge in [0.05, 0.1) is 24.2 Å². The predicted octanol–water partition coefficient (Wildman–Crippen LogP) is 6.91. The third-order valence-electron chi connectivity index (χ3n) is 5.68. The first kappa shape index (κ1) is 24.6. The molecule has 3 rings (SSSR count). The second-order valence-corrected chi connectivity index (χ2v) is 8.23. The molecule has 176 valence electrons. The Hall–Kier alpha value is -3.08. The highest BCUT2D eigenvalue weighted by Crippen LogP contribution is 2.23. The first-order valence-electron chi connectivity index (χ1n) is 12.1. The van der Waals surface area contributed by atoms with Crippen LogP contribution < -0.4 is 10.2 Å². The Bertz CT molecular complexity index is 1050. The summed E-state index contributed by atoms with van der Waals surface area (Å²) in [6.45, 7) is 2.96. The van der Waals surface area contributed by atoms with Gasteiger partial charge in [-0.1, -0.05) is 68.9 Å². The van der Waals surface area contributed by atoms with Crippen molar-refractivity contribution in [1.82, 2.24) is 0 Å². The zero-order chi connectivity index (χ0) is 23.3. The second kappa shape index (κ2) is 13.5. The molecule has 3 aromatic rings. The molecule has 2 aromatic carbocycles. The van der Waals surface area contributed by atoms with Gasteiger partial charge in [-0.3, -0.25) is 9.59 Å². The zero-order valence-corrected chi connectivity index (χ0v) is 19.5. The van der Waals surface area contributed by atoms with Crippen molar-refractivity contribution in [2.75, 3.05) is 13.2 Å². The van der Waals surface area contributed by atoms with Gasteiger partial charge in [0.25, 0.3) is 0 Å². The molecule has 1 heterocycles. The van der Waals surface area contributed by atoms with Crippen LogP contribution in [0.15, 0.2) is 64.0 Å². The number of rotatable bonds is 14. The topological polar surface area (TPSA) is 65.7 Å². The van der Waals surface area contributed by atoms with Crippen molar-refractivity contribution in [2.45, 2.75) is 64.7 Å². The van der Waals surface area contributed by atoms with Crippen molar-refractivity contribution in [1.29, 1.82) is 0 Å². The van der Waals surface area contributed by atoms with E-state index in [1.807, 2.05) is 43.3 Å². The SMILES string of the molecule is CCOC(=O)CCCCCCCCCCOc1ccc2c(=O)c(-c3ccccc3)coc2c1. The Balaban J connectivity index is 1.33. The van der Waals surface area contributed by atoms with Crippen LogP contribution in [0.1, 0.15) is 64.7 Å². The smallest absolute Gasteiger partial charge is 0.305 e. The summed E-state index contributed by atoms with van der Waals surface area (Å²) in [5.41, 5.74) is 1.93. The van der Waals surface area contributed by atoms with Crippen LogP contribution in [0.4, 0.5) is 0 Å². The highest BCUT2D eigenvalue weighted by atomic mass is 16.5. The zero-order valence-electron chi connectivity index (χ0n) is 19.5. The molecule has 5 nitrogen and oxygen atoms in total. The maximum absolute atomic E-state index is 12.8. The molecule has 0 aliphatic carbocycles. The van der Waals surface area contributed by atoms with Crippen molar-refractivity contribution >= 4 is 16.9 Å². The Morgan fingerprint density at radius 1 is 0.879 bits per heavy atom. The fourth-order valence-corrected chi connectivity index (χ4v) is 3.87. The van der Waals surface area contributed by atoms with Crippen LogP contribution in [-0.4, -0.2) is 19.2 Å². The lowest BCUT2D eigenvalue weighted by Gasteiger charge is -2.08. The van der Waals surface area contributed by atoms with Crippen molar-refractivity contribution in [3.8, 4) is 16.9 Å². The van der Waals surface area contributed by atoms with Gasteiger partial charge in [0.1, 0.15) is 17.6 Å². The Morgan fingerprint density at radius 3 is 2.30 bits per heavy atom. The number of carbonyl (C=O) groups excluding carboxylic acids is 1. The maximum Gasteiger partial charge on any atom is 0.305 e. The van der Waals surface area contributed by atoms with Crippen LogP contribution in [-0.2, 0) is 9.53 Å². The quantitative estimate of drug-likeness (QED) is 0.197. The summed E-state index contributed by atoms with van der Waals surface area (Å²) < 4.78 is 16.5. The van der Waals surface area contributed by atoms with Crippen LogP contribution >= 0.6 is 0 Å². The maximum atomic E-state index is 12.8. The average Bonchev–Trinajstić information content (AvgIpc) is 2.83. The van der Waals surface area contributed by atoms with Gasteiger partial charge in [-0.05, 0) is 37.5 Å². The molecule has 0 N–H and O–H groups in total. The summed E-state index contributed by atoms with van der Waals surface area (Å²) in [5.74, 6) is 0.641. The lowest BCUT2D eigenvalue weighted by atomic mass is 10.1. The van der Waals surface area contributed by atoms with E-state index in [1.165, 1.54) is 31.9 Å². The number of hydrogen-bond donors (Lipinski definition) is 0. The van der Waals surface area contributed by atoms with Crippen LogP contribution in [0, 0.1) is 0 Å². The molecule has 0 aliphatic rings. The molecule has 0 atom stereocenters. The molecule has 0 fully saturated rings. The second-order valence-electron chi connectivity index (χ2n) is 8.23. The van der Waals surface area contributed by atoms with E-state index in [1.54, 1.807) is 12.1 Å². The van der Waals surface area contributed by atoms with E-state index in [4.69, 9.17) is 13.9 Å². The van der Waals surface area contributed by atoms with Gasteiger partial charge in [0.2, 0.25) is 0 Å². The van der Waals surface area contributed by atoms with Gasteiger partial charge in [-0.15, -0.1) is 0 Å². The minimum Gasteiger partial charge on any atom is -0.493 e. The molecular formula is C28H34O5. The molecule has 0 unspecified atom stereocenters. The predicted molar refractivity (Wildman–Crippen MR) is 132 cm³/mol. The number of esters is 1.